The van der Waals surface area contributed by atoms with E-state index in [9.17, 15) is 28.6 Å². The Kier molecular flexibility index (Phi) is 9.06. The first-order valence-corrected chi connectivity index (χ1v) is 13.0. The van der Waals surface area contributed by atoms with Crippen molar-refractivity contribution in [2.45, 2.75) is 11.8 Å². The summed E-state index contributed by atoms with van der Waals surface area (Å²) in [4.78, 5) is 22.6. The first-order valence-electron chi connectivity index (χ1n) is 10.8. The van der Waals surface area contributed by atoms with Crippen molar-refractivity contribution in [3.05, 3.63) is 86.4 Å². The van der Waals surface area contributed by atoms with E-state index in [1.165, 1.54) is 25.3 Å². The first kappa shape index (κ1) is 28.2. The number of benzene rings is 3. The molecule has 0 atom stereocenters. The lowest BCUT2D eigenvalue weighted by molar-refractivity contribution is -0.384. The molecule has 3 aromatic rings. The van der Waals surface area contributed by atoms with Crippen LogP contribution in [0.4, 0.5) is 11.4 Å². The Morgan fingerprint density at radius 2 is 1.84 bits per heavy atom. The van der Waals surface area contributed by atoms with Gasteiger partial charge in [0, 0.05) is 12.1 Å². The van der Waals surface area contributed by atoms with Gasteiger partial charge in [0.1, 0.15) is 22.3 Å². The van der Waals surface area contributed by atoms with Gasteiger partial charge in [0.25, 0.3) is 11.6 Å². The molecule has 0 radical (unpaired) electrons. The van der Waals surface area contributed by atoms with E-state index in [2.05, 4.69) is 21.2 Å². The van der Waals surface area contributed by atoms with Gasteiger partial charge in [-0.15, -0.1) is 0 Å². The summed E-state index contributed by atoms with van der Waals surface area (Å²) in [5.74, 6) is -0.442. The summed E-state index contributed by atoms with van der Waals surface area (Å²) in [6, 6.07) is 15.6. The van der Waals surface area contributed by atoms with E-state index < -0.39 is 20.9 Å². The van der Waals surface area contributed by atoms with Crippen LogP contribution in [0.1, 0.15) is 12.5 Å². The molecule has 0 saturated carbocycles. The average molecular weight is 602 g/mol. The average Bonchev–Trinajstić information content (AvgIpc) is 2.89. The van der Waals surface area contributed by atoms with E-state index in [-0.39, 0.29) is 38.7 Å². The number of hydrogen-bond donors (Lipinski definition) is 1. The molecule has 0 saturated heterocycles. The Morgan fingerprint density at radius 3 is 2.45 bits per heavy atom. The maximum absolute atomic E-state index is 12.8. The second kappa shape index (κ2) is 12.2. The monoisotopic (exact) mass is 601 g/mol. The van der Waals surface area contributed by atoms with Crippen LogP contribution in [0.5, 0.6) is 17.2 Å². The van der Waals surface area contributed by atoms with Crippen LogP contribution in [0, 0.1) is 21.4 Å². The maximum atomic E-state index is 12.8. The number of amides is 1. The molecule has 3 aromatic carbocycles. The lowest BCUT2D eigenvalue weighted by atomic mass is 10.1. The van der Waals surface area contributed by atoms with Crippen molar-refractivity contribution in [2.24, 2.45) is 0 Å². The summed E-state index contributed by atoms with van der Waals surface area (Å²) < 4.78 is 41.9. The fourth-order valence-corrected chi connectivity index (χ4v) is 4.77. The molecule has 1 N–H and O–H groups in total. The highest BCUT2D eigenvalue weighted by molar-refractivity contribution is 9.10. The number of methoxy groups -OCH3 is 1. The zero-order valence-electron chi connectivity index (χ0n) is 20.0. The number of anilines is 1. The van der Waals surface area contributed by atoms with Crippen molar-refractivity contribution in [2.75, 3.05) is 19.0 Å². The molecule has 196 valence electrons. The number of nitro benzene ring substituents is 1. The maximum Gasteiger partial charge on any atom is 0.339 e. The third kappa shape index (κ3) is 6.67. The first-order chi connectivity index (χ1) is 18.1. The minimum Gasteiger partial charge on any atom is -0.495 e. The lowest BCUT2D eigenvalue weighted by Crippen LogP contribution is -2.14. The van der Waals surface area contributed by atoms with Gasteiger partial charge in [-0.25, -0.2) is 0 Å². The molecular weight excluding hydrogens is 582 g/mol. The Bertz CT molecular complexity index is 1550. The number of ether oxygens (including phenoxy) is 2. The molecule has 0 aromatic heterocycles. The van der Waals surface area contributed by atoms with Gasteiger partial charge in [0.15, 0.2) is 11.5 Å². The fraction of sp³-hybridized carbons (Fsp3) is 0.120. The van der Waals surface area contributed by atoms with E-state index in [1.807, 2.05) is 6.07 Å². The van der Waals surface area contributed by atoms with Gasteiger partial charge in [-0.2, -0.15) is 13.7 Å². The van der Waals surface area contributed by atoms with Crippen LogP contribution in [0.25, 0.3) is 6.08 Å². The number of halogens is 1. The van der Waals surface area contributed by atoms with Gasteiger partial charge < -0.3 is 19.0 Å². The number of hydrogen-bond acceptors (Lipinski definition) is 9. The van der Waals surface area contributed by atoms with Crippen molar-refractivity contribution in [1.82, 2.24) is 0 Å². The van der Waals surface area contributed by atoms with Crippen molar-refractivity contribution in [3.8, 4) is 23.3 Å². The molecule has 0 heterocycles. The van der Waals surface area contributed by atoms with E-state index in [4.69, 9.17) is 13.7 Å². The number of carbonyl (C=O) groups is 1. The van der Waals surface area contributed by atoms with Crippen LogP contribution in [0.2, 0.25) is 0 Å². The number of carbonyl (C=O) groups excluding carboxylic acids is 1. The minimum absolute atomic E-state index is 0.0149. The van der Waals surface area contributed by atoms with Crippen molar-refractivity contribution in [3.63, 3.8) is 0 Å². The third-order valence-electron chi connectivity index (χ3n) is 4.89. The van der Waals surface area contributed by atoms with Gasteiger partial charge in [0.05, 0.1) is 28.8 Å². The number of para-hydroxylation sites is 2. The standard InChI is InChI=1S/C25H20BrN3O8S/c1-3-36-23-14-16(12-17(15-27)25(30)28-21-6-4-5-7-22(21)35-2)13-20(26)24(23)37-38(33,34)19-10-8-18(9-11-19)29(31)32/h4-14H,3H2,1-2H3,(H,28,30)/b17-12+. The van der Waals surface area contributed by atoms with Crippen LogP contribution in [0.15, 0.2) is 75.6 Å². The third-order valence-corrected chi connectivity index (χ3v) is 6.72. The van der Waals surface area contributed by atoms with Crippen molar-refractivity contribution < 1.29 is 31.8 Å². The largest absolute Gasteiger partial charge is 0.495 e. The summed E-state index contributed by atoms with van der Waals surface area (Å²) in [6.45, 7) is 1.82. The summed E-state index contributed by atoms with van der Waals surface area (Å²) in [6.07, 6.45) is 1.30. The van der Waals surface area contributed by atoms with E-state index in [0.717, 1.165) is 24.3 Å². The topological polar surface area (TPSA) is 158 Å². The Labute approximate surface area is 226 Å². The van der Waals surface area contributed by atoms with E-state index in [0.29, 0.717) is 17.0 Å². The zero-order valence-corrected chi connectivity index (χ0v) is 22.4. The predicted octanol–water partition coefficient (Wildman–Crippen LogP) is 5.08. The van der Waals surface area contributed by atoms with Gasteiger partial charge in [-0.1, -0.05) is 12.1 Å². The lowest BCUT2D eigenvalue weighted by Gasteiger charge is -2.15. The SMILES string of the molecule is CCOc1cc(/C=C(\C#N)C(=O)Nc2ccccc2OC)cc(Br)c1OS(=O)(=O)c1ccc([N+](=O)[O-])cc1. The van der Waals surface area contributed by atoms with Crippen LogP contribution in [0.3, 0.4) is 0 Å². The highest BCUT2D eigenvalue weighted by Crippen LogP contribution is 2.39. The van der Waals surface area contributed by atoms with Gasteiger partial charge in [-0.05, 0) is 70.9 Å². The summed E-state index contributed by atoms with van der Waals surface area (Å²) in [5.41, 5.74) is 0.196. The molecule has 0 unspecified atom stereocenters. The number of non-ortho nitro benzene ring substituents is 1. The predicted molar refractivity (Wildman–Crippen MR) is 141 cm³/mol. The zero-order chi connectivity index (χ0) is 27.9. The number of nitriles is 1. The molecule has 11 nitrogen and oxygen atoms in total. The quantitative estimate of drug-likeness (QED) is 0.110. The molecule has 1 amide bonds. The number of nitrogens with zero attached hydrogens (tertiary/aromatic N) is 2. The van der Waals surface area contributed by atoms with Crippen LogP contribution in [-0.2, 0) is 14.9 Å². The normalized spacial score (nSPS) is 11.3. The van der Waals surface area contributed by atoms with Gasteiger partial charge in [0.2, 0.25) is 0 Å². The van der Waals surface area contributed by atoms with Gasteiger partial charge >= 0.3 is 10.1 Å². The Balaban J connectivity index is 1.94. The summed E-state index contributed by atoms with van der Waals surface area (Å²) in [5, 5.41) is 23.1. The molecule has 0 aliphatic heterocycles. The van der Waals surface area contributed by atoms with Crippen molar-refractivity contribution in [1.29, 1.82) is 5.26 Å². The summed E-state index contributed by atoms with van der Waals surface area (Å²) >= 11 is 3.26. The highest BCUT2D eigenvalue weighted by Gasteiger charge is 2.23. The molecule has 0 bridgehead atoms. The molecule has 13 heteroatoms. The Morgan fingerprint density at radius 1 is 1.16 bits per heavy atom. The van der Waals surface area contributed by atoms with Gasteiger partial charge in [-0.3, -0.25) is 14.9 Å². The molecule has 0 aliphatic rings. The van der Waals surface area contributed by atoms with Crippen LogP contribution >= 0.6 is 15.9 Å². The highest BCUT2D eigenvalue weighted by atomic mass is 79.9. The molecule has 0 fully saturated rings. The summed E-state index contributed by atoms with van der Waals surface area (Å²) in [7, 11) is -2.94. The number of rotatable bonds is 10. The second-order valence-corrected chi connectivity index (χ2v) is 9.78. The van der Waals surface area contributed by atoms with Crippen LogP contribution in [-0.4, -0.2) is 33.0 Å². The number of nitro groups is 1. The fourth-order valence-electron chi connectivity index (χ4n) is 3.16. The minimum atomic E-state index is -4.39. The van der Waals surface area contributed by atoms with Crippen LogP contribution < -0.4 is 19.0 Å². The molecule has 0 aliphatic carbocycles. The number of nitrogens with one attached hydrogen (secondary N) is 1. The van der Waals surface area contributed by atoms with Crippen molar-refractivity contribution >= 4 is 49.4 Å². The van der Waals surface area contributed by atoms with E-state index in [1.54, 1.807) is 31.2 Å². The Hall–Kier alpha value is -4.41. The molecule has 38 heavy (non-hydrogen) atoms. The second-order valence-electron chi connectivity index (χ2n) is 7.38. The molecular formula is C25H20BrN3O8S. The smallest absolute Gasteiger partial charge is 0.339 e. The molecule has 3 rings (SSSR count). The molecule has 0 spiro atoms. The van der Waals surface area contributed by atoms with E-state index >= 15 is 0 Å².